The second-order valence-corrected chi connectivity index (χ2v) is 10.8. The van der Waals surface area contributed by atoms with Gasteiger partial charge in [-0.15, -0.1) is 0 Å². The van der Waals surface area contributed by atoms with Gasteiger partial charge >= 0.3 is 35.0 Å². The van der Waals surface area contributed by atoms with Gasteiger partial charge in [0.15, 0.2) is 12.7 Å². The van der Waals surface area contributed by atoms with Gasteiger partial charge in [-0.2, -0.15) is 0 Å². The van der Waals surface area contributed by atoms with Gasteiger partial charge in [-0.05, 0) is 57.4 Å². The second-order valence-electron chi connectivity index (χ2n) is 8.48. The fourth-order valence-corrected chi connectivity index (χ4v) is 4.57. The van der Waals surface area contributed by atoms with Crippen molar-refractivity contribution in [1.29, 1.82) is 0 Å². The maximum atomic E-state index is 5.53. The van der Waals surface area contributed by atoms with Crippen molar-refractivity contribution in [3.8, 4) is 0 Å². The first-order valence-electron chi connectivity index (χ1n) is 12.7. The molecule has 2 heterocycles. The van der Waals surface area contributed by atoms with E-state index in [1.165, 1.54) is 22.1 Å². The van der Waals surface area contributed by atoms with Crippen molar-refractivity contribution < 1.29 is 25.4 Å². The van der Waals surface area contributed by atoms with Crippen molar-refractivity contribution >= 4 is 41.1 Å². The van der Waals surface area contributed by atoms with Crippen LogP contribution in [-0.4, -0.2) is 44.7 Å². The molecule has 6 nitrogen and oxygen atoms in total. The van der Waals surface area contributed by atoms with Gasteiger partial charge < -0.3 is 9.47 Å². The number of aromatic nitrogens is 4. The number of benzene rings is 2. The van der Waals surface area contributed by atoms with Crippen molar-refractivity contribution in [2.24, 2.45) is 0 Å². The van der Waals surface area contributed by atoms with E-state index < -0.39 is 0 Å². The van der Waals surface area contributed by atoms with E-state index in [9.17, 15) is 0 Å². The van der Waals surface area contributed by atoms with Crippen LogP contribution in [0.1, 0.15) is 33.1 Å². The Hall–Kier alpha value is -1.46. The van der Waals surface area contributed by atoms with Crippen LogP contribution in [0.2, 0.25) is 0 Å². The van der Waals surface area contributed by atoms with E-state index in [4.69, 9.17) is 28.5 Å². The van der Waals surface area contributed by atoms with Crippen molar-refractivity contribution in [3.05, 3.63) is 61.2 Å². The first kappa shape index (κ1) is 29.1. The molecule has 0 unspecified atom stereocenters. The minimum atomic E-state index is -0.106. The summed E-state index contributed by atoms with van der Waals surface area (Å²) in [6.07, 6.45) is 7.70. The van der Waals surface area contributed by atoms with Crippen LogP contribution >= 0.6 is 19.1 Å². The molecule has 4 rings (SSSR count). The van der Waals surface area contributed by atoms with Gasteiger partial charge in [-0.1, -0.05) is 0 Å². The summed E-state index contributed by atoms with van der Waals surface area (Å²) in [5.41, 5.74) is 5.20. The molecule has 0 bridgehead atoms. The minimum absolute atomic E-state index is 0.106. The molecule has 0 saturated heterocycles. The van der Waals surface area contributed by atoms with E-state index in [0.29, 0.717) is 0 Å². The number of para-hydroxylation sites is 4. The summed E-state index contributed by atoms with van der Waals surface area (Å²) >= 11 is -0.106. The molecule has 0 aliphatic heterocycles. The van der Waals surface area contributed by atoms with E-state index in [-0.39, 0.29) is 15.9 Å². The summed E-state index contributed by atoms with van der Waals surface area (Å²) in [7, 11) is 9.63. The van der Waals surface area contributed by atoms with Gasteiger partial charge in [0.05, 0.1) is 26.2 Å². The maximum absolute atomic E-state index is 5.53. The summed E-state index contributed by atoms with van der Waals surface area (Å²) in [6, 6.07) is 17.4. The van der Waals surface area contributed by atoms with E-state index in [0.717, 1.165) is 71.9 Å². The molecule has 2 aromatic carbocycles. The quantitative estimate of drug-likeness (QED) is 0.0852. The van der Waals surface area contributed by atoms with Crippen LogP contribution in [-0.2, 0) is 51.6 Å². The van der Waals surface area contributed by atoms with Crippen LogP contribution in [0.15, 0.2) is 61.2 Å². The molecule has 0 spiro atoms. The Morgan fingerprint density at radius 3 is 1.22 bits per heavy atom. The Morgan fingerprint density at radius 2 is 0.917 bits per heavy atom. The third kappa shape index (κ3) is 8.28. The van der Waals surface area contributed by atoms with E-state index in [1.807, 2.05) is 0 Å². The fraction of sp³-hybridized carbons (Fsp3) is 0.481. The number of hydrogen-bond donors (Lipinski definition) is 0. The third-order valence-electron chi connectivity index (χ3n) is 6.14. The number of fused-ring (bicyclic) bond motifs is 2. The van der Waals surface area contributed by atoms with Crippen LogP contribution in [0.4, 0.5) is 0 Å². The molecule has 0 radical (unpaired) electrons. The Balaban J connectivity index is 0.00000115. The van der Waals surface area contributed by atoms with Gasteiger partial charge in [0.2, 0.25) is 22.1 Å². The van der Waals surface area contributed by atoms with Crippen LogP contribution in [0, 0.1) is 0 Å². The molecule has 0 aliphatic rings. The molecular weight excluding hydrogens is 590 g/mol. The van der Waals surface area contributed by atoms with Crippen LogP contribution in [0.5, 0.6) is 0 Å². The second kappa shape index (κ2) is 16.4. The predicted octanol–water partition coefficient (Wildman–Crippen LogP) is 7.08. The molecule has 9 heteroatoms. The molecule has 36 heavy (non-hydrogen) atoms. The average Bonchev–Trinajstić information content (AvgIpc) is 3.43. The Morgan fingerprint density at radius 1 is 0.611 bits per heavy atom. The normalized spacial score (nSPS) is 11.3. The molecule has 0 aliphatic carbocycles. The monoisotopic (exact) mass is 626 g/mol. The van der Waals surface area contributed by atoms with Gasteiger partial charge in [0, 0.05) is 50.7 Å². The summed E-state index contributed by atoms with van der Waals surface area (Å²) in [4.78, 5) is 0. The van der Waals surface area contributed by atoms with E-state index >= 15 is 0 Å². The fourth-order valence-electron chi connectivity index (χ4n) is 4.57. The summed E-state index contributed by atoms with van der Waals surface area (Å²) in [6.45, 7) is 11.3. The van der Waals surface area contributed by atoms with E-state index in [2.05, 4.69) is 93.3 Å². The van der Waals surface area contributed by atoms with Crippen molar-refractivity contribution in [2.45, 2.75) is 59.3 Å². The number of ether oxygens (including phenoxy) is 2. The Bertz CT molecular complexity index is 1090. The molecule has 0 saturated carbocycles. The molecule has 4 aromatic rings. The molecule has 0 fully saturated rings. The number of aryl methyl sites for hydroxylation is 4. The summed E-state index contributed by atoms with van der Waals surface area (Å²) in [5, 5.41) is 0. The molecule has 0 amide bonds. The van der Waals surface area contributed by atoms with E-state index in [1.54, 1.807) is 0 Å². The topological polar surface area (TPSA) is 38.2 Å². The predicted molar refractivity (Wildman–Crippen MR) is 147 cm³/mol. The first-order valence-corrected chi connectivity index (χ1v) is 16.7. The van der Waals surface area contributed by atoms with Crippen LogP contribution < -0.4 is 0 Å². The Labute approximate surface area is 230 Å². The zero-order valence-electron chi connectivity index (χ0n) is 21.2. The number of rotatable bonds is 14. The van der Waals surface area contributed by atoms with Gasteiger partial charge in [-0.25, -0.2) is 18.3 Å². The molecule has 2 aromatic heterocycles. The molecular formula is C27H38Cl2N4O2Pd+2. The molecule has 0 N–H and O–H groups in total. The SMILES string of the molecule is CCOCCCn1[cH+]n(CCCn2[cH+]n(CCCOCC)c3ccccc32)c2ccccc21.[Cl][Pd][Cl]. The standard InChI is InChI=1S/C27H38N4O2.2ClH.Pd/c1-3-32-20-10-18-30-22-28(24-12-5-7-14-26(24)30)16-9-17-29-23-31(19-11-21-33-4-2)27-15-8-6-13-25(27)29;;;/h5-8,12-15,22-23H,3-4,9-11,16-21H2,1-2H3;2*1H;/q+2;;;+2/p-2. The third-order valence-corrected chi connectivity index (χ3v) is 6.14. The number of nitrogens with zero attached hydrogens (tertiary/aromatic N) is 4. The van der Waals surface area contributed by atoms with Gasteiger partial charge in [0.1, 0.15) is 0 Å². The van der Waals surface area contributed by atoms with Crippen molar-refractivity contribution in [2.75, 3.05) is 26.4 Å². The van der Waals surface area contributed by atoms with Crippen LogP contribution in [0.25, 0.3) is 22.1 Å². The first-order chi connectivity index (χ1) is 17.7. The molecule has 0 atom stereocenters. The number of imidazole rings is 2. The van der Waals surface area contributed by atoms with Crippen molar-refractivity contribution in [3.63, 3.8) is 0 Å². The molecule has 200 valence electrons. The van der Waals surface area contributed by atoms with Gasteiger partial charge in [-0.3, -0.25) is 0 Å². The van der Waals surface area contributed by atoms with Crippen molar-refractivity contribution in [1.82, 2.24) is 18.3 Å². The number of hydrogen-bond acceptors (Lipinski definition) is 2. The summed E-state index contributed by atoms with van der Waals surface area (Å²) < 4.78 is 20.6. The number of halogens is 2. The zero-order valence-corrected chi connectivity index (χ0v) is 24.3. The van der Waals surface area contributed by atoms with Gasteiger partial charge in [0.25, 0.3) is 0 Å². The summed E-state index contributed by atoms with van der Waals surface area (Å²) in [5.74, 6) is 0. The zero-order chi connectivity index (χ0) is 25.6. The average molecular weight is 628 g/mol. The Kier molecular flexibility index (Phi) is 13.3. The van der Waals surface area contributed by atoms with Crippen LogP contribution in [0.3, 0.4) is 0 Å².